The highest BCUT2D eigenvalue weighted by atomic mass is 32.2. The van der Waals surface area contributed by atoms with Gasteiger partial charge in [-0.2, -0.15) is 0 Å². The van der Waals surface area contributed by atoms with E-state index in [2.05, 4.69) is 4.72 Å². The Balaban J connectivity index is 1.80. The molecule has 0 radical (unpaired) electrons. The quantitative estimate of drug-likeness (QED) is 0.625. The molecule has 3 rings (SSSR count). The van der Waals surface area contributed by atoms with Crippen molar-refractivity contribution >= 4 is 21.7 Å². The van der Waals surface area contributed by atoms with Crippen LogP contribution < -0.4 is 4.72 Å². The third kappa shape index (κ3) is 4.78. The number of carboxylic acid groups (broad SMARTS) is 1. The van der Waals surface area contributed by atoms with Gasteiger partial charge in [0.25, 0.3) is 10.0 Å². The Morgan fingerprint density at radius 3 is 2.43 bits per heavy atom. The average Bonchev–Trinajstić information content (AvgIpc) is 2.67. The van der Waals surface area contributed by atoms with Crippen molar-refractivity contribution in [2.45, 2.75) is 24.7 Å². The van der Waals surface area contributed by atoms with Crippen LogP contribution in [0.15, 0.2) is 77.7 Å². The zero-order valence-corrected chi connectivity index (χ0v) is 16.2. The fraction of sp³-hybridized carbons (Fsp3) is 0.136. The molecular formula is C22H21NO4S. The van der Waals surface area contributed by atoms with Crippen LogP contribution in [0.5, 0.6) is 0 Å². The predicted octanol–water partition coefficient (Wildman–Crippen LogP) is 4.28. The van der Waals surface area contributed by atoms with Crippen molar-refractivity contribution in [1.82, 2.24) is 0 Å². The molecule has 0 amide bonds. The Labute approximate surface area is 164 Å². The van der Waals surface area contributed by atoms with Crippen molar-refractivity contribution in [3.8, 4) is 0 Å². The molecule has 0 heterocycles. The third-order valence-corrected chi connectivity index (χ3v) is 5.78. The monoisotopic (exact) mass is 395 g/mol. The van der Waals surface area contributed by atoms with E-state index in [4.69, 9.17) is 5.11 Å². The Bertz CT molecular complexity index is 1110. The molecule has 0 aromatic heterocycles. The maximum absolute atomic E-state index is 12.7. The van der Waals surface area contributed by atoms with Crippen LogP contribution in [0.2, 0.25) is 0 Å². The highest BCUT2D eigenvalue weighted by Crippen LogP contribution is 2.22. The van der Waals surface area contributed by atoms with Crippen molar-refractivity contribution in [3.63, 3.8) is 0 Å². The predicted molar refractivity (Wildman–Crippen MR) is 109 cm³/mol. The van der Waals surface area contributed by atoms with Gasteiger partial charge in [0.15, 0.2) is 0 Å². The van der Waals surface area contributed by atoms with Gasteiger partial charge in [-0.05, 0) is 66.8 Å². The molecule has 3 aromatic carbocycles. The summed E-state index contributed by atoms with van der Waals surface area (Å²) in [5.74, 6) is -0.965. The van der Waals surface area contributed by atoms with Crippen LogP contribution in [-0.4, -0.2) is 19.5 Å². The van der Waals surface area contributed by atoms with E-state index in [-0.39, 0.29) is 10.5 Å². The normalized spacial score (nSPS) is 11.2. The van der Waals surface area contributed by atoms with Crippen molar-refractivity contribution in [3.05, 3.63) is 95.1 Å². The van der Waals surface area contributed by atoms with Gasteiger partial charge in [-0.1, -0.05) is 42.5 Å². The Morgan fingerprint density at radius 1 is 0.929 bits per heavy atom. The zero-order chi connectivity index (χ0) is 20.1. The van der Waals surface area contributed by atoms with E-state index in [0.717, 1.165) is 16.7 Å². The summed E-state index contributed by atoms with van der Waals surface area (Å²) in [6.45, 7) is 1.85. The molecule has 6 heteroatoms. The average molecular weight is 395 g/mol. The van der Waals surface area contributed by atoms with Gasteiger partial charge in [0.05, 0.1) is 16.1 Å². The second-order valence-electron chi connectivity index (χ2n) is 6.58. The highest BCUT2D eigenvalue weighted by Gasteiger charge is 2.16. The lowest BCUT2D eigenvalue weighted by molar-refractivity contribution is 0.0696. The summed E-state index contributed by atoms with van der Waals surface area (Å²) in [5, 5.41) is 9.12. The number of carbonyl (C=O) groups is 1. The number of hydrogen-bond acceptors (Lipinski definition) is 3. The van der Waals surface area contributed by atoms with E-state index in [9.17, 15) is 13.2 Å². The second kappa shape index (κ2) is 8.27. The first-order valence-electron chi connectivity index (χ1n) is 8.85. The number of rotatable bonds is 7. The third-order valence-electron chi connectivity index (χ3n) is 4.42. The number of nitrogens with one attached hydrogen (secondary N) is 1. The molecular weight excluding hydrogens is 374 g/mol. The number of carboxylic acids is 1. The SMILES string of the molecule is Cc1cccc(S(=O)(=O)Nc2ccccc2CCc2cccc(C(=O)O)c2)c1. The van der Waals surface area contributed by atoms with Crippen LogP contribution in [0.1, 0.15) is 27.0 Å². The summed E-state index contributed by atoms with van der Waals surface area (Å²) >= 11 is 0. The first kappa shape index (κ1) is 19.6. The van der Waals surface area contributed by atoms with Gasteiger partial charge in [-0.15, -0.1) is 0 Å². The van der Waals surface area contributed by atoms with E-state index >= 15 is 0 Å². The molecule has 0 aliphatic rings. The summed E-state index contributed by atoms with van der Waals surface area (Å²) in [6.07, 6.45) is 1.18. The van der Waals surface area contributed by atoms with Crippen LogP contribution in [-0.2, 0) is 22.9 Å². The van der Waals surface area contributed by atoms with E-state index in [1.165, 1.54) is 0 Å². The van der Waals surface area contributed by atoms with E-state index in [1.807, 2.05) is 31.2 Å². The lowest BCUT2D eigenvalue weighted by Crippen LogP contribution is -2.14. The van der Waals surface area contributed by atoms with Crippen molar-refractivity contribution in [2.75, 3.05) is 4.72 Å². The minimum absolute atomic E-state index is 0.219. The zero-order valence-electron chi connectivity index (χ0n) is 15.4. The van der Waals surface area contributed by atoms with E-state index in [0.29, 0.717) is 18.5 Å². The highest BCUT2D eigenvalue weighted by molar-refractivity contribution is 7.92. The van der Waals surface area contributed by atoms with Crippen molar-refractivity contribution in [2.24, 2.45) is 0 Å². The minimum atomic E-state index is -3.69. The molecule has 2 N–H and O–H groups in total. The van der Waals surface area contributed by atoms with Crippen LogP contribution in [0.3, 0.4) is 0 Å². The largest absolute Gasteiger partial charge is 0.478 e. The lowest BCUT2D eigenvalue weighted by atomic mass is 10.0. The standard InChI is InChI=1S/C22H21NO4S/c1-16-6-4-10-20(14-16)28(26,27)23-21-11-3-2-8-18(21)13-12-17-7-5-9-19(15-17)22(24)25/h2-11,14-15,23H,12-13H2,1H3,(H,24,25). The first-order valence-corrected chi connectivity index (χ1v) is 10.3. The van der Waals surface area contributed by atoms with Gasteiger partial charge in [-0.25, -0.2) is 13.2 Å². The molecule has 0 fully saturated rings. The number of hydrogen-bond donors (Lipinski definition) is 2. The van der Waals surface area contributed by atoms with E-state index < -0.39 is 16.0 Å². The molecule has 0 atom stereocenters. The molecule has 0 saturated carbocycles. The molecule has 0 aliphatic carbocycles. The van der Waals surface area contributed by atoms with Gasteiger partial charge < -0.3 is 5.11 Å². The van der Waals surface area contributed by atoms with Gasteiger partial charge in [0.1, 0.15) is 0 Å². The van der Waals surface area contributed by atoms with Gasteiger partial charge in [0.2, 0.25) is 0 Å². The van der Waals surface area contributed by atoms with Crippen molar-refractivity contribution < 1.29 is 18.3 Å². The summed E-state index contributed by atoms with van der Waals surface area (Å²) in [7, 11) is -3.69. The van der Waals surface area contributed by atoms with E-state index in [1.54, 1.807) is 48.5 Å². The second-order valence-corrected chi connectivity index (χ2v) is 8.27. The maximum atomic E-state index is 12.7. The molecule has 28 heavy (non-hydrogen) atoms. The van der Waals surface area contributed by atoms with Crippen molar-refractivity contribution in [1.29, 1.82) is 0 Å². The molecule has 5 nitrogen and oxygen atoms in total. The number of para-hydroxylation sites is 1. The smallest absolute Gasteiger partial charge is 0.335 e. The van der Waals surface area contributed by atoms with Gasteiger partial charge in [0, 0.05) is 0 Å². The summed E-state index contributed by atoms with van der Waals surface area (Å²) in [4.78, 5) is 11.3. The molecule has 3 aromatic rings. The Hall–Kier alpha value is -3.12. The molecule has 0 saturated heterocycles. The number of aryl methyl sites for hydroxylation is 3. The fourth-order valence-electron chi connectivity index (χ4n) is 2.96. The number of benzene rings is 3. The van der Waals surface area contributed by atoms with Crippen LogP contribution >= 0.6 is 0 Å². The molecule has 0 bridgehead atoms. The van der Waals surface area contributed by atoms with Crippen LogP contribution in [0.4, 0.5) is 5.69 Å². The Kier molecular flexibility index (Phi) is 5.80. The lowest BCUT2D eigenvalue weighted by Gasteiger charge is -2.13. The summed E-state index contributed by atoms with van der Waals surface area (Å²) < 4.78 is 28.1. The maximum Gasteiger partial charge on any atom is 0.335 e. The van der Waals surface area contributed by atoms with Gasteiger partial charge >= 0.3 is 5.97 Å². The minimum Gasteiger partial charge on any atom is -0.478 e. The summed E-state index contributed by atoms with van der Waals surface area (Å²) in [5.41, 5.74) is 3.37. The fourth-order valence-corrected chi connectivity index (χ4v) is 4.17. The van der Waals surface area contributed by atoms with Crippen LogP contribution in [0, 0.1) is 6.92 Å². The number of sulfonamides is 1. The molecule has 0 aliphatic heterocycles. The van der Waals surface area contributed by atoms with Gasteiger partial charge in [-0.3, -0.25) is 4.72 Å². The molecule has 0 unspecified atom stereocenters. The molecule has 0 spiro atoms. The molecule has 144 valence electrons. The Morgan fingerprint density at radius 2 is 1.68 bits per heavy atom. The topological polar surface area (TPSA) is 83.5 Å². The number of aromatic carboxylic acids is 1. The first-order chi connectivity index (χ1) is 13.3. The summed E-state index contributed by atoms with van der Waals surface area (Å²) in [6, 6.07) is 20.8. The van der Waals surface area contributed by atoms with Crippen LogP contribution in [0.25, 0.3) is 0 Å². The number of anilines is 1.